The summed E-state index contributed by atoms with van der Waals surface area (Å²) in [6.45, 7) is 9.29. The van der Waals surface area contributed by atoms with Crippen molar-refractivity contribution in [3.8, 4) is 0 Å². The summed E-state index contributed by atoms with van der Waals surface area (Å²) in [5.74, 6) is 2.59. The van der Waals surface area contributed by atoms with Crippen molar-refractivity contribution in [1.29, 1.82) is 0 Å². The molecule has 1 saturated heterocycles. The van der Waals surface area contributed by atoms with Gasteiger partial charge in [0.25, 0.3) is 0 Å². The van der Waals surface area contributed by atoms with Gasteiger partial charge < -0.3 is 0 Å². The van der Waals surface area contributed by atoms with E-state index in [2.05, 4.69) is 27.7 Å². The Balaban J connectivity index is 2.00. The van der Waals surface area contributed by atoms with Gasteiger partial charge >= 0.3 is 124 Å². The van der Waals surface area contributed by atoms with Crippen LogP contribution < -0.4 is 0 Å². The number of carbonyl (C=O) groups excluding carboxylic acids is 1. The van der Waals surface area contributed by atoms with E-state index >= 15 is 0 Å². The number of ether oxygens (including phenoxy) is 1. The normalized spacial score (nSPS) is 39.6. The van der Waals surface area contributed by atoms with Gasteiger partial charge in [0.15, 0.2) is 0 Å². The average Bonchev–Trinajstić information content (AvgIpc) is 2.69. The second-order valence-electron chi connectivity index (χ2n) is 6.68. The summed E-state index contributed by atoms with van der Waals surface area (Å²) in [6.07, 6.45) is 6.07. The molecule has 1 aliphatic carbocycles. The van der Waals surface area contributed by atoms with E-state index in [-0.39, 0.29) is 12.1 Å². The van der Waals surface area contributed by atoms with Crippen molar-refractivity contribution in [2.75, 3.05) is 0 Å². The van der Waals surface area contributed by atoms with Crippen LogP contribution in [0.1, 0.15) is 59.8 Å². The van der Waals surface area contributed by atoms with Gasteiger partial charge in [0.2, 0.25) is 0 Å². The van der Waals surface area contributed by atoms with E-state index < -0.39 is 0 Å². The zero-order valence-electron chi connectivity index (χ0n) is 12.7. The molecule has 1 aliphatic heterocycles. The summed E-state index contributed by atoms with van der Waals surface area (Å²) >= 11 is 0.566. The second kappa shape index (κ2) is 6.63. The molecule has 0 radical (unpaired) electrons. The number of cyclic esters (lactones) is 1. The van der Waals surface area contributed by atoms with Crippen LogP contribution in [0.25, 0.3) is 0 Å². The molecule has 2 fully saturated rings. The quantitative estimate of drug-likeness (QED) is 0.573. The summed E-state index contributed by atoms with van der Waals surface area (Å²) in [6, 6.07) is 0. The standard InChI is InChI=1S/C16H28O2Se/c1-5-13-15(9-16(17)18-13)19-14-8-11(4)6-7-12(14)10(2)3/h10-15H,5-9H2,1-4H3/t11-,12+,13+,14+,15-/m1/s1. The molecular formula is C16H28O2Se. The van der Waals surface area contributed by atoms with Crippen LogP contribution in [0, 0.1) is 17.8 Å². The van der Waals surface area contributed by atoms with Crippen molar-refractivity contribution in [3.05, 3.63) is 0 Å². The zero-order chi connectivity index (χ0) is 14.0. The molecule has 0 aromatic heterocycles. The van der Waals surface area contributed by atoms with Gasteiger partial charge in [-0.2, -0.15) is 0 Å². The Labute approximate surface area is 124 Å². The molecule has 2 aliphatic rings. The van der Waals surface area contributed by atoms with Gasteiger partial charge in [-0.25, -0.2) is 0 Å². The molecule has 0 amide bonds. The molecule has 5 atom stereocenters. The molecule has 2 rings (SSSR count). The molecule has 1 heterocycles. The van der Waals surface area contributed by atoms with E-state index in [9.17, 15) is 4.79 Å². The molecule has 2 nitrogen and oxygen atoms in total. The van der Waals surface area contributed by atoms with E-state index in [0.29, 0.717) is 26.2 Å². The monoisotopic (exact) mass is 332 g/mol. The minimum absolute atomic E-state index is 0.0451. The Kier molecular flexibility index (Phi) is 5.37. The molecule has 1 saturated carbocycles. The first kappa shape index (κ1) is 15.4. The predicted octanol–water partition coefficient (Wildman–Crippen LogP) is 4.09. The first-order chi connectivity index (χ1) is 9.01. The van der Waals surface area contributed by atoms with Crippen LogP contribution in [0.5, 0.6) is 0 Å². The van der Waals surface area contributed by atoms with Gasteiger partial charge in [-0.3, -0.25) is 0 Å². The van der Waals surface area contributed by atoms with E-state index in [1.165, 1.54) is 19.3 Å². The van der Waals surface area contributed by atoms with Crippen LogP contribution in [0.2, 0.25) is 9.63 Å². The zero-order valence-corrected chi connectivity index (χ0v) is 14.4. The summed E-state index contributed by atoms with van der Waals surface area (Å²) in [4.78, 5) is 12.9. The summed E-state index contributed by atoms with van der Waals surface area (Å²) in [7, 11) is 0. The van der Waals surface area contributed by atoms with Crippen LogP contribution in [0.3, 0.4) is 0 Å². The maximum atomic E-state index is 11.5. The Morgan fingerprint density at radius 3 is 2.68 bits per heavy atom. The molecule has 0 aromatic rings. The maximum absolute atomic E-state index is 11.5. The first-order valence-electron chi connectivity index (χ1n) is 7.86. The predicted molar refractivity (Wildman–Crippen MR) is 79.4 cm³/mol. The summed E-state index contributed by atoms with van der Waals surface area (Å²) in [5.41, 5.74) is 0. The van der Waals surface area contributed by atoms with Crippen molar-refractivity contribution < 1.29 is 9.53 Å². The molecule has 0 bridgehead atoms. The molecule has 0 spiro atoms. The topological polar surface area (TPSA) is 26.3 Å². The average molecular weight is 331 g/mol. The van der Waals surface area contributed by atoms with Crippen molar-refractivity contribution in [2.45, 2.75) is 75.5 Å². The molecule has 0 unspecified atom stereocenters. The number of hydrogen-bond acceptors (Lipinski definition) is 2. The Bertz CT molecular complexity index is 316. The van der Waals surface area contributed by atoms with Crippen LogP contribution in [-0.2, 0) is 9.53 Å². The number of hydrogen-bond donors (Lipinski definition) is 0. The van der Waals surface area contributed by atoms with Gasteiger partial charge in [-0.1, -0.05) is 0 Å². The molecule has 19 heavy (non-hydrogen) atoms. The third-order valence-corrected chi connectivity index (χ3v) is 8.37. The van der Waals surface area contributed by atoms with Crippen LogP contribution in [0.15, 0.2) is 0 Å². The van der Waals surface area contributed by atoms with Gasteiger partial charge in [-0.05, 0) is 0 Å². The summed E-state index contributed by atoms with van der Waals surface area (Å²) < 4.78 is 5.46. The number of carbonyl (C=O) groups is 1. The van der Waals surface area contributed by atoms with Gasteiger partial charge in [0.05, 0.1) is 0 Å². The fourth-order valence-corrected chi connectivity index (χ4v) is 8.17. The van der Waals surface area contributed by atoms with Crippen LogP contribution >= 0.6 is 0 Å². The van der Waals surface area contributed by atoms with Crippen molar-refractivity contribution in [2.24, 2.45) is 17.8 Å². The van der Waals surface area contributed by atoms with Crippen molar-refractivity contribution >= 4 is 20.9 Å². The SMILES string of the molecule is CC[C@@H]1OC(=O)C[C@H]1[Se][C@H]1C[C@H](C)CC[C@H]1C(C)C. The Hall–Kier alpha value is -0.0105. The summed E-state index contributed by atoms with van der Waals surface area (Å²) in [5, 5.41) is 0. The fourth-order valence-electron chi connectivity index (χ4n) is 3.57. The minimum atomic E-state index is 0.0451. The van der Waals surface area contributed by atoms with Gasteiger partial charge in [-0.15, -0.1) is 0 Å². The third-order valence-electron chi connectivity index (χ3n) is 4.78. The van der Waals surface area contributed by atoms with Crippen molar-refractivity contribution in [1.82, 2.24) is 0 Å². The number of rotatable bonds is 4. The van der Waals surface area contributed by atoms with Crippen LogP contribution in [-0.4, -0.2) is 27.0 Å². The van der Waals surface area contributed by atoms with Gasteiger partial charge in [0.1, 0.15) is 0 Å². The van der Waals surface area contributed by atoms with E-state index in [4.69, 9.17) is 4.74 Å². The van der Waals surface area contributed by atoms with E-state index in [1.807, 2.05) is 0 Å². The molecule has 0 aromatic carbocycles. The fraction of sp³-hybridized carbons (Fsp3) is 0.938. The molecule has 0 N–H and O–H groups in total. The molecule has 3 heteroatoms. The molecular weight excluding hydrogens is 303 g/mol. The third kappa shape index (κ3) is 3.76. The van der Waals surface area contributed by atoms with Gasteiger partial charge in [0, 0.05) is 0 Å². The second-order valence-corrected chi connectivity index (χ2v) is 9.79. The van der Waals surface area contributed by atoms with Crippen LogP contribution in [0.4, 0.5) is 0 Å². The van der Waals surface area contributed by atoms with E-state index in [0.717, 1.165) is 29.0 Å². The van der Waals surface area contributed by atoms with E-state index in [1.54, 1.807) is 0 Å². The number of esters is 1. The Morgan fingerprint density at radius 2 is 2.05 bits per heavy atom. The van der Waals surface area contributed by atoms with Crippen molar-refractivity contribution in [3.63, 3.8) is 0 Å². The molecule has 110 valence electrons. The Morgan fingerprint density at radius 1 is 1.32 bits per heavy atom. The first-order valence-corrected chi connectivity index (χ1v) is 9.84.